The van der Waals surface area contributed by atoms with Crippen LogP contribution in [0.5, 0.6) is 0 Å². The molecule has 5 aromatic rings. The number of nitrogens with zero attached hydrogens (tertiary/aromatic N) is 2. The van der Waals surface area contributed by atoms with E-state index in [2.05, 4.69) is 147 Å². The molecule has 218 valence electrons. The van der Waals surface area contributed by atoms with E-state index in [9.17, 15) is 4.79 Å². The maximum absolute atomic E-state index is 11.4. The Morgan fingerprint density at radius 3 is 1.40 bits per heavy atom. The molecule has 3 heteroatoms. The van der Waals surface area contributed by atoms with Gasteiger partial charge in [0.05, 0.1) is 0 Å². The van der Waals surface area contributed by atoms with Gasteiger partial charge in [0, 0.05) is 49.0 Å². The largest absolute Gasteiger partial charge is 0.367 e. The Kier molecular flexibility index (Phi) is 9.73. The Bertz CT molecular complexity index is 1530. The molecule has 0 unspecified atom stereocenters. The van der Waals surface area contributed by atoms with Crippen LogP contribution in [0, 0.1) is 13.8 Å². The predicted octanol–water partition coefficient (Wildman–Crippen LogP) is 9.35. The van der Waals surface area contributed by atoms with Crippen LogP contribution in [0.3, 0.4) is 0 Å². The molecule has 0 heterocycles. The summed E-state index contributed by atoms with van der Waals surface area (Å²) < 4.78 is 0. The van der Waals surface area contributed by atoms with Crippen molar-refractivity contribution < 1.29 is 4.79 Å². The van der Waals surface area contributed by atoms with Gasteiger partial charge in [0.1, 0.15) is 6.29 Å². The lowest BCUT2D eigenvalue weighted by atomic mass is 9.81. The molecule has 0 spiro atoms. The predicted molar refractivity (Wildman–Crippen MR) is 181 cm³/mol. The van der Waals surface area contributed by atoms with Crippen LogP contribution in [-0.2, 0) is 13.1 Å². The highest BCUT2D eigenvalue weighted by Gasteiger charge is 2.22. The standard InChI is InChI=1S/C40H42N2O/c1-5-41(27-32-13-9-7-10-14-32)36-21-23-38(30(3)25-36)40(35-19-17-34(29-43)18-20-35)39-24-22-37(26-31(39)4)42(6-2)28-33-15-11-8-12-16-33/h7-26,29,40H,5-6,27-28H2,1-4H3. The molecule has 0 aliphatic carbocycles. The molecule has 0 saturated heterocycles. The number of carbonyl (C=O) groups is 1. The smallest absolute Gasteiger partial charge is 0.150 e. The van der Waals surface area contributed by atoms with Crippen molar-refractivity contribution in [2.75, 3.05) is 22.9 Å². The molecular weight excluding hydrogens is 524 g/mol. The molecule has 0 bridgehead atoms. The summed E-state index contributed by atoms with van der Waals surface area (Å²) in [4.78, 5) is 16.3. The maximum Gasteiger partial charge on any atom is 0.150 e. The molecule has 0 aromatic heterocycles. The third-order valence-corrected chi connectivity index (χ3v) is 8.46. The Morgan fingerprint density at radius 2 is 1.02 bits per heavy atom. The number of anilines is 2. The van der Waals surface area contributed by atoms with Crippen LogP contribution in [0.15, 0.2) is 121 Å². The molecule has 0 radical (unpaired) electrons. The number of aryl methyl sites for hydroxylation is 2. The third kappa shape index (κ3) is 7.06. The summed E-state index contributed by atoms with van der Waals surface area (Å²) in [6.45, 7) is 12.5. The van der Waals surface area contributed by atoms with E-state index in [4.69, 9.17) is 0 Å². The van der Waals surface area contributed by atoms with Crippen LogP contribution in [-0.4, -0.2) is 19.4 Å². The van der Waals surface area contributed by atoms with Gasteiger partial charge in [-0.05, 0) is 90.9 Å². The van der Waals surface area contributed by atoms with Crippen molar-refractivity contribution in [2.24, 2.45) is 0 Å². The minimum absolute atomic E-state index is 0.0530. The Balaban J connectivity index is 1.51. The van der Waals surface area contributed by atoms with E-state index in [0.717, 1.165) is 32.5 Å². The first-order valence-electron chi connectivity index (χ1n) is 15.3. The fraction of sp³-hybridized carbons (Fsp3) is 0.225. The number of aldehydes is 1. The fourth-order valence-electron chi connectivity index (χ4n) is 6.03. The molecule has 0 atom stereocenters. The molecular formula is C40H42N2O. The normalized spacial score (nSPS) is 11.0. The first kappa shape index (κ1) is 29.8. The summed E-state index contributed by atoms with van der Waals surface area (Å²) >= 11 is 0. The van der Waals surface area contributed by atoms with Gasteiger partial charge in [-0.15, -0.1) is 0 Å². The highest BCUT2D eigenvalue weighted by Crippen LogP contribution is 2.38. The number of benzene rings is 5. The van der Waals surface area contributed by atoms with Gasteiger partial charge in [-0.2, -0.15) is 0 Å². The highest BCUT2D eigenvalue weighted by atomic mass is 16.1. The number of rotatable bonds is 12. The molecule has 0 saturated carbocycles. The number of hydrogen-bond donors (Lipinski definition) is 0. The topological polar surface area (TPSA) is 23.6 Å². The molecule has 0 amide bonds. The maximum atomic E-state index is 11.4. The van der Waals surface area contributed by atoms with Gasteiger partial charge in [0.15, 0.2) is 0 Å². The number of carbonyl (C=O) groups excluding carboxylic acids is 1. The second kappa shape index (κ2) is 14.0. The molecule has 43 heavy (non-hydrogen) atoms. The Morgan fingerprint density at radius 1 is 0.581 bits per heavy atom. The lowest BCUT2D eigenvalue weighted by molar-refractivity contribution is 0.112. The lowest BCUT2D eigenvalue weighted by Gasteiger charge is -2.28. The zero-order chi connectivity index (χ0) is 30.2. The van der Waals surface area contributed by atoms with E-state index in [0.29, 0.717) is 5.56 Å². The van der Waals surface area contributed by atoms with E-state index >= 15 is 0 Å². The molecule has 0 aliphatic heterocycles. The van der Waals surface area contributed by atoms with Crippen molar-refractivity contribution in [3.8, 4) is 0 Å². The summed E-state index contributed by atoms with van der Waals surface area (Å²) in [6, 6.07) is 43.2. The molecule has 0 aliphatic rings. The molecule has 5 aromatic carbocycles. The SMILES string of the molecule is CCN(Cc1ccccc1)c1ccc(C(c2ccc(C=O)cc2)c2ccc(N(CC)Cc3ccccc3)cc2C)c(C)c1. The average molecular weight is 567 g/mol. The van der Waals surface area contributed by atoms with Crippen molar-refractivity contribution >= 4 is 17.7 Å². The monoisotopic (exact) mass is 566 g/mol. The van der Waals surface area contributed by atoms with Crippen molar-refractivity contribution in [1.82, 2.24) is 0 Å². The van der Waals surface area contributed by atoms with E-state index < -0.39 is 0 Å². The van der Waals surface area contributed by atoms with E-state index in [1.54, 1.807) is 0 Å². The van der Waals surface area contributed by atoms with E-state index in [1.165, 1.54) is 50.3 Å². The second-order valence-electron chi connectivity index (χ2n) is 11.3. The molecule has 3 nitrogen and oxygen atoms in total. The first-order valence-corrected chi connectivity index (χ1v) is 15.3. The fourth-order valence-corrected chi connectivity index (χ4v) is 6.03. The van der Waals surface area contributed by atoms with Gasteiger partial charge in [-0.1, -0.05) is 97.1 Å². The average Bonchev–Trinajstić information content (AvgIpc) is 3.05. The van der Waals surface area contributed by atoms with Crippen LogP contribution in [0.4, 0.5) is 11.4 Å². The Labute approximate surface area is 257 Å². The van der Waals surface area contributed by atoms with Gasteiger partial charge >= 0.3 is 0 Å². The summed E-state index contributed by atoms with van der Waals surface area (Å²) in [5, 5.41) is 0. The van der Waals surface area contributed by atoms with Gasteiger partial charge in [-0.3, -0.25) is 4.79 Å². The quantitative estimate of drug-likeness (QED) is 0.111. The second-order valence-corrected chi connectivity index (χ2v) is 11.3. The minimum atomic E-state index is 0.0530. The van der Waals surface area contributed by atoms with Crippen LogP contribution < -0.4 is 9.80 Å². The van der Waals surface area contributed by atoms with E-state index in [-0.39, 0.29) is 5.92 Å². The third-order valence-electron chi connectivity index (χ3n) is 8.46. The van der Waals surface area contributed by atoms with E-state index in [1.807, 2.05) is 12.1 Å². The van der Waals surface area contributed by atoms with Gasteiger partial charge in [-0.25, -0.2) is 0 Å². The van der Waals surface area contributed by atoms with Gasteiger partial charge in [0.2, 0.25) is 0 Å². The summed E-state index contributed by atoms with van der Waals surface area (Å²) in [5.74, 6) is 0.0530. The zero-order valence-corrected chi connectivity index (χ0v) is 25.8. The number of hydrogen-bond acceptors (Lipinski definition) is 3. The molecule has 0 N–H and O–H groups in total. The van der Waals surface area contributed by atoms with Crippen LogP contribution in [0.2, 0.25) is 0 Å². The van der Waals surface area contributed by atoms with Crippen LogP contribution in [0.25, 0.3) is 0 Å². The zero-order valence-electron chi connectivity index (χ0n) is 25.8. The van der Waals surface area contributed by atoms with Crippen molar-refractivity contribution in [3.05, 3.63) is 166 Å². The lowest BCUT2D eigenvalue weighted by Crippen LogP contribution is -2.22. The van der Waals surface area contributed by atoms with Gasteiger partial charge < -0.3 is 9.80 Å². The molecule has 0 fully saturated rings. The summed E-state index contributed by atoms with van der Waals surface area (Å²) in [5.41, 5.74) is 12.0. The van der Waals surface area contributed by atoms with Crippen molar-refractivity contribution in [1.29, 1.82) is 0 Å². The highest BCUT2D eigenvalue weighted by molar-refractivity contribution is 5.75. The van der Waals surface area contributed by atoms with Gasteiger partial charge in [0.25, 0.3) is 0 Å². The molecule has 5 rings (SSSR count). The van der Waals surface area contributed by atoms with Crippen LogP contribution >= 0.6 is 0 Å². The Hall–Kier alpha value is -4.63. The summed E-state index contributed by atoms with van der Waals surface area (Å²) in [6.07, 6.45) is 0.914. The van der Waals surface area contributed by atoms with Crippen LogP contribution in [0.1, 0.15) is 69.1 Å². The minimum Gasteiger partial charge on any atom is -0.367 e. The summed E-state index contributed by atoms with van der Waals surface area (Å²) in [7, 11) is 0. The van der Waals surface area contributed by atoms with Crippen molar-refractivity contribution in [2.45, 2.75) is 46.7 Å². The first-order chi connectivity index (χ1) is 21.0. The van der Waals surface area contributed by atoms with Crippen molar-refractivity contribution in [3.63, 3.8) is 0 Å².